The number of para-hydroxylation sites is 1. The molecule has 0 aliphatic heterocycles. The predicted molar refractivity (Wildman–Crippen MR) is 63.7 cm³/mol. The van der Waals surface area contributed by atoms with Crippen molar-refractivity contribution in [2.45, 2.75) is 12.8 Å². The summed E-state index contributed by atoms with van der Waals surface area (Å²) < 4.78 is 1.76. The first-order valence-corrected chi connectivity index (χ1v) is 5.55. The molecule has 0 radical (unpaired) electrons. The zero-order valence-corrected chi connectivity index (χ0v) is 9.56. The fourth-order valence-corrected chi connectivity index (χ4v) is 1.75. The maximum absolute atomic E-state index is 6.11. The first-order valence-electron chi connectivity index (χ1n) is 5.17. The van der Waals surface area contributed by atoms with Gasteiger partial charge < -0.3 is 5.73 Å². The van der Waals surface area contributed by atoms with Crippen molar-refractivity contribution in [1.82, 2.24) is 15.0 Å². The van der Waals surface area contributed by atoms with Gasteiger partial charge in [-0.15, -0.1) is 5.10 Å². The lowest BCUT2D eigenvalue weighted by Gasteiger charge is -2.06. The lowest BCUT2D eigenvalue weighted by molar-refractivity contribution is 0.729. The Bertz CT molecular complexity index is 467. The molecule has 2 rings (SSSR count). The molecule has 84 valence electrons. The Balaban J connectivity index is 2.33. The van der Waals surface area contributed by atoms with E-state index in [1.54, 1.807) is 10.9 Å². The van der Waals surface area contributed by atoms with Gasteiger partial charge >= 0.3 is 0 Å². The Morgan fingerprint density at radius 1 is 1.31 bits per heavy atom. The van der Waals surface area contributed by atoms with Gasteiger partial charge in [0.1, 0.15) is 0 Å². The van der Waals surface area contributed by atoms with Crippen molar-refractivity contribution in [2.24, 2.45) is 5.73 Å². The summed E-state index contributed by atoms with van der Waals surface area (Å²) in [5.74, 6) is 0. The molecule has 0 unspecified atom stereocenters. The first-order chi connectivity index (χ1) is 7.83. The Kier molecular flexibility index (Phi) is 3.54. The molecule has 1 heterocycles. The molecule has 0 bridgehead atoms. The van der Waals surface area contributed by atoms with Gasteiger partial charge in [0.05, 0.1) is 22.6 Å². The number of hydrogen-bond donors (Lipinski definition) is 1. The summed E-state index contributed by atoms with van der Waals surface area (Å²) >= 11 is 6.11. The molecule has 5 heteroatoms. The Morgan fingerprint density at radius 3 is 2.88 bits per heavy atom. The molecule has 0 aliphatic carbocycles. The summed E-state index contributed by atoms with van der Waals surface area (Å²) in [6.07, 6.45) is 3.52. The molecule has 0 spiro atoms. The second kappa shape index (κ2) is 5.09. The molecule has 0 saturated heterocycles. The molecular weight excluding hydrogens is 224 g/mol. The van der Waals surface area contributed by atoms with Gasteiger partial charge in [0.25, 0.3) is 0 Å². The average Bonchev–Trinajstić information content (AvgIpc) is 2.75. The van der Waals surface area contributed by atoms with Crippen LogP contribution in [0.3, 0.4) is 0 Å². The minimum atomic E-state index is 0.660. The molecule has 1 aromatic heterocycles. The van der Waals surface area contributed by atoms with Crippen LogP contribution < -0.4 is 5.73 Å². The number of nitrogens with two attached hydrogens (primary N) is 1. The molecule has 0 saturated carbocycles. The van der Waals surface area contributed by atoms with E-state index < -0.39 is 0 Å². The van der Waals surface area contributed by atoms with E-state index in [0.717, 1.165) is 24.2 Å². The highest BCUT2D eigenvalue weighted by Crippen LogP contribution is 2.20. The SMILES string of the molecule is NCCCc1cnnn1-c1ccccc1Cl. The van der Waals surface area contributed by atoms with E-state index in [4.69, 9.17) is 17.3 Å². The zero-order valence-electron chi connectivity index (χ0n) is 8.81. The van der Waals surface area contributed by atoms with Gasteiger partial charge in [0.15, 0.2) is 0 Å². The van der Waals surface area contributed by atoms with Gasteiger partial charge in [-0.3, -0.25) is 0 Å². The summed E-state index contributed by atoms with van der Waals surface area (Å²) in [6.45, 7) is 0.660. The van der Waals surface area contributed by atoms with Gasteiger partial charge in [-0.2, -0.15) is 0 Å². The van der Waals surface area contributed by atoms with Crippen molar-refractivity contribution < 1.29 is 0 Å². The summed E-state index contributed by atoms with van der Waals surface area (Å²) in [4.78, 5) is 0. The van der Waals surface area contributed by atoms with E-state index in [1.165, 1.54) is 0 Å². The molecule has 0 fully saturated rings. The van der Waals surface area contributed by atoms with Crippen LogP contribution in [0.15, 0.2) is 30.5 Å². The third kappa shape index (κ3) is 2.23. The molecule has 0 atom stereocenters. The molecule has 2 N–H and O–H groups in total. The summed E-state index contributed by atoms with van der Waals surface area (Å²) in [6, 6.07) is 7.58. The number of halogens is 1. The third-order valence-electron chi connectivity index (χ3n) is 2.34. The molecule has 2 aromatic rings. The smallest absolute Gasteiger partial charge is 0.0852 e. The number of aryl methyl sites for hydroxylation is 1. The van der Waals surface area contributed by atoms with Crippen LogP contribution in [-0.4, -0.2) is 21.5 Å². The quantitative estimate of drug-likeness (QED) is 0.881. The highest BCUT2D eigenvalue weighted by molar-refractivity contribution is 6.32. The normalized spacial score (nSPS) is 10.6. The third-order valence-corrected chi connectivity index (χ3v) is 2.66. The predicted octanol–water partition coefficient (Wildman–Crippen LogP) is 1.81. The summed E-state index contributed by atoms with van der Waals surface area (Å²) in [7, 11) is 0. The Morgan fingerprint density at radius 2 is 2.12 bits per heavy atom. The van der Waals surface area contributed by atoms with E-state index >= 15 is 0 Å². The second-order valence-corrected chi connectivity index (χ2v) is 3.89. The summed E-state index contributed by atoms with van der Waals surface area (Å²) in [5.41, 5.74) is 7.37. The van der Waals surface area contributed by atoms with Crippen LogP contribution in [0.2, 0.25) is 5.02 Å². The van der Waals surface area contributed by atoms with Crippen molar-refractivity contribution in [3.63, 3.8) is 0 Å². The average molecular weight is 237 g/mol. The van der Waals surface area contributed by atoms with Crippen LogP contribution in [-0.2, 0) is 6.42 Å². The maximum Gasteiger partial charge on any atom is 0.0852 e. The van der Waals surface area contributed by atoms with Crippen molar-refractivity contribution in [2.75, 3.05) is 6.54 Å². The van der Waals surface area contributed by atoms with E-state index in [2.05, 4.69) is 10.3 Å². The highest BCUT2D eigenvalue weighted by atomic mass is 35.5. The fraction of sp³-hybridized carbons (Fsp3) is 0.273. The van der Waals surface area contributed by atoms with Crippen LogP contribution in [0.4, 0.5) is 0 Å². The monoisotopic (exact) mass is 236 g/mol. The molecule has 16 heavy (non-hydrogen) atoms. The van der Waals surface area contributed by atoms with Gasteiger partial charge in [-0.1, -0.05) is 28.9 Å². The minimum absolute atomic E-state index is 0.660. The van der Waals surface area contributed by atoms with Gasteiger partial charge in [-0.05, 0) is 31.5 Å². The fourth-order valence-electron chi connectivity index (χ4n) is 1.54. The number of hydrogen-bond acceptors (Lipinski definition) is 3. The molecule has 4 nitrogen and oxygen atoms in total. The van der Waals surface area contributed by atoms with Crippen molar-refractivity contribution in [3.05, 3.63) is 41.2 Å². The van der Waals surface area contributed by atoms with Crippen LogP contribution in [0.1, 0.15) is 12.1 Å². The van der Waals surface area contributed by atoms with Crippen molar-refractivity contribution >= 4 is 11.6 Å². The van der Waals surface area contributed by atoms with Crippen molar-refractivity contribution in [1.29, 1.82) is 0 Å². The molecule has 0 aliphatic rings. The van der Waals surface area contributed by atoms with E-state index in [9.17, 15) is 0 Å². The van der Waals surface area contributed by atoms with Crippen LogP contribution >= 0.6 is 11.6 Å². The molecule has 0 amide bonds. The summed E-state index contributed by atoms with van der Waals surface area (Å²) in [5, 5.41) is 8.62. The highest BCUT2D eigenvalue weighted by Gasteiger charge is 2.08. The maximum atomic E-state index is 6.11. The van der Waals surface area contributed by atoms with E-state index in [1.807, 2.05) is 24.3 Å². The standard InChI is InChI=1S/C11H13ClN4/c12-10-5-1-2-6-11(10)16-9(4-3-7-13)8-14-15-16/h1-2,5-6,8H,3-4,7,13H2. The van der Waals surface area contributed by atoms with Gasteiger partial charge in [-0.25, -0.2) is 4.68 Å². The van der Waals surface area contributed by atoms with Crippen LogP contribution in [0, 0.1) is 0 Å². The minimum Gasteiger partial charge on any atom is -0.330 e. The number of benzene rings is 1. The first kappa shape index (κ1) is 11.1. The Hall–Kier alpha value is -1.39. The van der Waals surface area contributed by atoms with E-state index in [-0.39, 0.29) is 0 Å². The molecular formula is C11H13ClN4. The van der Waals surface area contributed by atoms with Crippen LogP contribution in [0.5, 0.6) is 0 Å². The lowest BCUT2D eigenvalue weighted by atomic mass is 10.2. The van der Waals surface area contributed by atoms with Crippen molar-refractivity contribution in [3.8, 4) is 5.69 Å². The largest absolute Gasteiger partial charge is 0.330 e. The molecule has 1 aromatic carbocycles. The zero-order chi connectivity index (χ0) is 11.4. The Labute approximate surface area is 99.0 Å². The number of rotatable bonds is 4. The number of aromatic nitrogens is 3. The van der Waals surface area contributed by atoms with Crippen LogP contribution in [0.25, 0.3) is 5.69 Å². The van der Waals surface area contributed by atoms with E-state index in [0.29, 0.717) is 11.6 Å². The number of nitrogens with zero attached hydrogens (tertiary/aromatic N) is 3. The lowest BCUT2D eigenvalue weighted by Crippen LogP contribution is -2.06. The second-order valence-electron chi connectivity index (χ2n) is 3.48. The van der Waals surface area contributed by atoms with Gasteiger partial charge in [0, 0.05) is 0 Å². The topological polar surface area (TPSA) is 56.7 Å². The van der Waals surface area contributed by atoms with Gasteiger partial charge in [0.2, 0.25) is 0 Å².